The third kappa shape index (κ3) is 12.1. The molecule has 0 amide bonds. The molecule has 18 atom stereocenters. The van der Waals surface area contributed by atoms with Gasteiger partial charge in [-0.15, -0.1) is 0 Å². The Morgan fingerprint density at radius 1 is 0.966 bits per heavy atom. The summed E-state index contributed by atoms with van der Waals surface area (Å²) in [5.74, 6) is -5.04. The molecule has 17 nitrogen and oxygen atoms in total. The van der Waals surface area contributed by atoms with Gasteiger partial charge in [0.2, 0.25) is 6.79 Å². The van der Waals surface area contributed by atoms with Crippen molar-refractivity contribution in [3.8, 4) is 0 Å². The highest BCUT2D eigenvalue weighted by molar-refractivity contribution is 5.88. The molecule has 3 aliphatic heterocycles. The number of nitrogens with zero attached hydrogens (tertiary/aromatic N) is 2. The maximum Gasteiger partial charge on any atom is 0.311 e. The highest BCUT2D eigenvalue weighted by Gasteiger charge is 2.53. The van der Waals surface area contributed by atoms with Crippen LogP contribution in [0, 0.1) is 23.7 Å². The molecule has 0 aromatic carbocycles. The van der Waals surface area contributed by atoms with E-state index in [2.05, 4.69) is 9.89 Å². The number of likely N-dealkylation sites (N-methyl/N-ethyl adjacent to an activating group) is 1. The minimum absolute atomic E-state index is 0.0178. The largest absolute Gasteiger partial charge is 0.459 e. The number of hydrogen-bond donors (Lipinski definition) is 5. The zero-order valence-corrected chi connectivity index (χ0v) is 36.4. The molecule has 58 heavy (non-hydrogen) atoms. The summed E-state index contributed by atoms with van der Waals surface area (Å²) in [4.78, 5) is 21.6. The normalized spacial score (nSPS) is 48.3. The highest BCUT2D eigenvalue weighted by Crippen LogP contribution is 2.41. The molecular weight excluding hydrogens is 760 g/mol. The molecular formula is C41H76N2O15. The zero-order chi connectivity index (χ0) is 50.0. The summed E-state index contributed by atoms with van der Waals surface area (Å²) < 4.78 is 100.0. The summed E-state index contributed by atoms with van der Waals surface area (Å²) in [5.41, 5.74) is -5.27. The summed E-state index contributed by atoms with van der Waals surface area (Å²) in [6.07, 6.45) is -11.2. The average Bonchev–Trinajstić information content (AvgIpc) is 3.18. The van der Waals surface area contributed by atoms with Gasteiger partial charge in [0.05, 0.1) is 76.1 Å². The van der Waals surface area contributed by atoms with Crippen LogP contribution < -0.4 is 0 Å². The van der Waals surface area contributed by atoms with Gasteiger partial charge in [-0.3, -0.25) is 4.79 Å². The van der Waals surface area contributed by atoms with Gasteiger partial charge < -0.3 is 73.2 Å². The first-order chi connectivity index (χ1) is 29.6. The van der Waals surface area contributed by atoms with E-state index in [1.165, 1.54) is 27.9 Å². The van der Waals surface area contributed by atoms with Crippen LogP contribution >= 0.6 is 0 Å². The topological polar surface area (TPSA) is 217 Å². The molecule has 0 aromatic rings. The predicted octanol–water partition coefficient (Wildman–Crippen LogP) is 2.21. The number of ether oxygens (including phenoxy) is 8. The number of esters is 1. The number of methoxy groups -OCH3 is 2. The monoisotopic (exact) mass is 844 g/mol. The summed E-state index contributed by atoms with van der Waals surface area (Å²) in [6, 6.07) is -0.418. The van der Waals surface area contributed by atoms with Crippen molar-refractivity contribution in [2.24, 2.45) is 28.8 Å². The molecule has 340 valence electrons. The summed E-state index contributed by atoms with van der Waals surface area (Å²) in [5, 5.41) is 63.5. The second kappa shape index (κ2) is 21.5. The van der Waals surface area contributed by atoms with E-state index in [1.807, 2.05) is 11.8 Å². The van der Waals surface area contributed by atoms with Gasteiger partial charge in [0.15, 0.2) is 12.6 Å². The molecule has 0 saturated carbocycles. The molecule has 3 rings (SSSR count). The highest BCUT2D eigenvalue weighted by atomic mass is 16.7. The van der Waals surface area contributed by atoms with Gasteiger partial charge in [0, 0.05) is 44.4 Å². The van der Waals surface area contributed by atoms with E-state index < -0.39 is 141 Å². The van der Waals surface area contributed by atoms with E-state index >= 15 is 0 Å². The first kappa shape index (κ1) is 40.5. The first-order valence-corrected chi connectivity index (χ1v) is 20.1. The SMILES string of the molecule is [2H]C([2H])([2H])OC([2H])([2H])C([2H])([2H])OCO/N=C1\[C@H](C)C[C@@](C)(O)[C@H](O[C@@H]2O[C@H](C)C[C@H](N(C)C)[C@H]2O)[C@@H](C)[C@H](O[C@H]2C[C@@](C)(OC)[C@@H](O)[C@H](C)O2)[C@@H](C)C(=O)O[C@H](CC)[C@@](C)(O)[C@H](O)[C@H]1C. The Hall–Kier alpha value is -1.58. The maximum absolute atomic E-state index is 14.4. The molecule has 0 radical (unpaired) electrons. The summed E-state index contributed by atoms with van der Waals surface area (Å²) >= 11 is 0. The molecule has 5 N–H and O–H groups in total. The Labute approximate surface area is 355 Å². The number of carbonyl (C=O) groups excluding carboxylic acids is 1. The number of carbonyl (C=O) groups is 1. The van der Waals surface area contributed by atoms with Crippen LogP contribution in [0.2, 0.25) is 0 Å². The lowest BCUT2D eigenvalue weighted by Gasteiger charge is -2.49. The van der Waals surface area contributed by atoms with Gasteiger partial charge in [0.1, 0.15) is 23.9 Å². The standard InChI is InChI=1S/C41H76N2O15/c1-15-29-41(10,49)34(45)24(4)31(42-53-21-52-17-16-50-13)22(2)19-39(8,48)36(58-38-32(44)28(43(11)12)18-23(3)54-38)25(5)33(26(6)37(47)56-29)57-30-20-40(9,51-14)35(46)27(7)55-30/h22-30,32-36,38,44-46,48-49H,15-21H2,1-14H3/b42-31+/t22-,23-,24+,25+,26-,27+,28+,29-,30+,32-,33+,34-,35+,36-,38+,39-,40-,41-/m1/s1/i13D3,16D2,17D2. The Morgan fingerprint density at radius 2 is 1.64 bits per heavy atom. The molecule has 0 bridgehead atoms. The van der Waals surface area contributed by atoms with Crippen LogP contribution in [0.4, 0.5) is 0 Å². The van der Waals surface area contributed by atoms with Crippen LogP contribution in [0.1, 0.15) is 105 Å². The lowest BCUT2D eigenvalue weighted by atomic mass is 9.73. The van der Waals surface area contributed by atoms with E-state index in [1.54, 1.807) is 55.6 Å². The lowest BCUT2D eigenvalue weighted by Crippen LogP contribution is -2.61. The number of oxime groups is 1. The van der Waals surface area contributed by atoms with Crippen molar-refractivity contribution in [3.05, 3.63) is 0 Å². The third-order valence-electron chi connectivity index (χ3n) is 12.3. The molecule has 0 aromatic heterocycles. The fourth-order valence-corrected chi connectivity index (χ4v) is 8.80. The first-order valence-electron chi connectivity index (χ1n) is 23.6. The summed E-state index contributed by atoms with van der Waals surface area (Å²) in [7, 11) is 1.73. The van der Waals surface area contributed by atoms with E-state index in [0.29, 0.717) is 6.42 Å². The van der Waals surface area contributed by atoms with Gasteiger partial charge in [-0.2, -0.15) is 0 Å². The third-order valence-corrected chi connectivity index (χ3v) is 12.3. The Kier molecular flexibility index (Phi) is 15.0. The molecule has 3 aliphatic rings. The molecule has 17 heteroatoms. The van der Waals surface area contributed by atoms with Crippen molar-refractivity contribution in [2.75, 3.05) is 48.2 Å². The second-order valence-electron chi connectivity index (χ2n) is 17.3. The molecule has 3 saturated heterocycles. The smallest absolute Gasteiger partial charge is 0.311 e. The van der Waals surface area contributed by atoms with E-state index in [9.17, 15) is 30.3 Å². The minimum Gasteiger partial charge on any atom is -0.459 e. The molecule has 3 fully saturated rings. The van der Waals surface area contributed by atoms with Crippen LogP contribution in [-0.4, -0.2) is 175 Å². The molecule has 0 unspecified atom stereocenters. The van der Waals surface area contributed by atoms with E-state index in [-0.39, 0.29) is 25.0 Å². The van der Waals surface area contributed by atoms with Gasteiger partial charge >= 0.3 is 5.97 Å². The van der Waals surface area contributed by atoms with E-state index in [0.717, 1.165) is 0 Å². The lowest BCUT2D eigenvalue weighted by molar-refractivity contribution is -0.317. The zero-order valence-electron chi connectivity index (χ0n) is 43.4. The van der Waals surface area contributed by atoms with Crippen LogP contribution in [0.25, 0.3) is 0 Å². The fourth-order valence-electron chi connectivity index (χ4n) is 8.80. The number of aliphatic hydroxyl groups excluding tert-OH is 3. The number of hydrogen-bond acceptors (Lipinski definition) is 17. The fraction of sp³-hybridized carbons (Fsp3) is 0.951. The van der Waals surface area contributed by atoms with Gasteiger partial charge in [-0.25, -0.2) is 0 Å². The van der Waals surface area contributed by atoms with Crippen LogP contribution in [0.15, 0.2) is 5.16 Å². The van der Waals surface area contributed by atoms with Gasteiger partial charge in [-0.1, -0.05) is 32.9 Å². The second-order valence-corrected chi connectivity index (χ2v) is 17.3. The number of rotatable bonds is 13. The Balaban J connectivity index is 2.22. The summed E-state index contributed by atoms with van der Waals surface area (Å²) in [6.45, 7) is 7.94. The number of aliphatic hydroxyl groups is 5. The van der Waals surface area contributed by atoms with Crippen molar-refractivity contribution in [2.45, 2.75) is 179 Å². The molecule has 3 heterocycles. The minimum atomic E-state index is -3.48. The maximum atomic E-state index is 14.4. The van der Waals surface area contributed by atoms with Crippen LogP contribution in [0.3, 0.4) is 0 Å². The van der Waals surface area contributed by atoms with Crippen LogP contribution in [0.5, 0.6) is 0 Å². The van der Waals surface area contributed by atoms with Gasteiger partial charge in [0.25, 0.3) is 0 Å². The van der Waals surface area contributed by atoms with Gasteiger partial charge in [-0.05, 0) is 74.9 Å². The predicted molar refractivity (Wildman–Crippen MR) is 212 cm³/mol. The Bertz CT molecular complexity index is 1580. The van der Waals surface area contributed by atoms with Crippen molar-refractivity contribution >= 4 is 11.7 Å². The van der Waals surface area contributed by atoms with Crippen LogP contribution in [-0.2, 0) is 47.5 Å². The number of cyclic esters (lactones) is 1. The van der Waals surface area contributed by atoms with Crippen molar-refractivity contribution in [3.63, 3.8) is 0 Å². The molecule has 0 spiro atoms. The quantitative estimate of drug-likeness (QED) is 0.0778. The van der Waals surface area contributed by atoms with E-state index in [4.69, 9.17) is 47.6 Å². The average molecular weight is 844 g/mol. The van der Waals surface area contributed by atoms with Crippen molar-refractivity contribution in [1.29, 1.82) is 0 Å². The van der Waals surface area contributed by atoms with Crippen molar-refractivity contribution < 1.29 is 82.7 Å². The van der Waals surface area contributed by atoms with Crippen molar-refractivity contribution in [1.82, 2.24) is 4.90 Å². The molecule has 0 aliphatic carbocycles. The Morgan fingerprint density at radius 3 is 2.24 bits per heavy atom.